The van der Waals surface area contributed by atoms with Gasteiger partial charge in [0, 0.05) is 19.5 Å². The van der Waals surface area contributed by atoms with Gasteiger partial charge in [-0.3, -0.25) is 4.79 Å². The number of carbonyl (C=O) groups excluding carboxylic acids is 1. The lowest BCUT2D eigenvalue weighted by Crippen LogP contribution is -2.35. The molecule has 0 aromatic heterocycles. The summed E-state index contributed by atoms with van der Waals surface area (Å²) in [6.07, 6.45) is 5.26. The van der Waals surface area contributed by atoms with Crippen LogP contribution in [-0.2, 0) is 4.79 Å². The van der Waals surface area contributed by atoms with E-state index in [0.29, 0.717) is 11.9 Å². The number of rotatable bonds is 6. The topological polar surface area (TPSA) is 32.3 Å². The van der Waals surface area contributed by atoms with Crippen molar-refractivity contribution in [3.05, 3.63) is 0 Å². The zero-order valence-electron chi connectivity index (χ0n) is 11.0. The van der Waals surface area contributed by atoms with Crippen molar-refractivity contribution in [1.29, 1.82) is 0 Å². The van der Waals surface area contributed by atoms with Crippen molar-refractivity contribution in [2.45, 2.75) is 52.0 Å². The second-order valence-electron chi connectivity index (χ2n) is 5.04. The average Bonchev–Trinajstić information content (AvgIpc) is 2.78. The van der Waals surface area contributed by atoms with Crippen molar-refractivity contribution < 1.29 is 4.79 Å². The van der Waals surface area contributed by atoms with E-state index in [1.165, 1.54) is 6.42 Å². The first-order valence-corrected chi connectivity index (χ1v) is 6.61. The van der Waals surface area contributed by atoms with Crippen LogP contribution in [0.15, 0.2) is 0 Å². The van der Waals surface area contributed by atoms with E-state index in [2.05, 4.69) is 19.2 Å². The zero-order chi connectivity index (χ0) is 12.0. The third kappa shape index (κ3) is 4.12. The van der Waals surface area contributed by atoms with Crippen LogP contribution >= 0.6 is 0 Å². The Morgan fingerprint density at radius 2 is 2.31 bits per heavy atom. The van der Waals surface area contributed by atoms with E-state index in [-0.39, 0.29) is 0 Å². The normalized spacial score (nSPS) is 22.1. The fourth-order valence-corrected chi connectivity index (χ4v) is 2.32. The smallest absolute Gasteiger partial charge is 0.222 e. The summed E-state index contributed by atoms with van der Waals surface area (Å²) in [4.78, 5) is 13.8. The Kier molecular flexibility index (Phi) is 5.81. The number of nitrogens with one attached hydrogen (secondary N) is 1. The molecule has 16 heavy (non-hydrogen) atoms. The Bertz CT molecular complexity index is 212. The lowest BCUT2D eigenvalue weighted by molar-refractivity contribution is -0.132. The fraction of sp³-hybridized carbons (Fsp3) is 0.923. The number of hydrogen-bond donors (Lipinski definition) is 1. The first-order valence-electron chi connectivity index (χ1n) is 6.61. The summed E-state index contributed by atoms with van der Waals surface area (Å²) in [5.41, 5.74) is 0. The summed E-state index contributed by atoms with van der Waals surface area (Å²) < 4.78 is 0. The monoisotopic (exact) mass is 226 g/mol. The van der Waals surface area contributed by atoms with Gasteiger partial charge in [0.25, 0.3) is 0 Å². The van der Waals surface area contributed by atoms with Crippen LogP contribution in [-0.4, -0.2) is 37.0 Å². The maximum atomic E-state index is 11.9. The van der Waals surface area contributed by atoms with Crippen LogP contribution in [0, 0.1) is 5.92 Å². The Morgan fingerprint density at radius 3 is 2.88 bits per heavy atom. The van der Waals surface area contributed by atoms with Crippen LogP contribution in [0.2, 0.25) is 0 Å². The van der Waals surface area contributed by atoms with E-state index in [1.807, 2.05) is 11.9 Å². The number of nitrogens with zero attached hydrogens (tertiary/aromatic N) is 1. The number of hydrogen-bond acceptors (Lipinski definition) is 2. The molecule has 2 unspecified atom stereocenters. The maximum Gasteiger partial charge on any atom is 0.222 e. The van der Waals surface area contributed by atoms with E-state index >= 15 is 0 Å². The molecule has 0 spiro atoms. The van der Waals surface area contributed by atoms with E-state index in [9.17, 15) is 4.79 Å². The first-order chi connectivity index (χ1) is 7.65. The summed E-state index contributed by atoms with van der Waals surface area (Å²) in [6.45, 7) is 6.53. The molecule has 0 radical (unpaired) electrons. The molecule has 1 aliphatic rings. The van der Waals surface area contributed by atoms with E-state index in [4.69, 9.17) is 0 Å². The molecule has 1 N–H and O–H groups in total. The minimum Gasteiger partial charge on any atom is -0.343 e. The van der Waals surface area contributed by atoms with Gasteiger partial charge in [-0.05, 0) is 45.2 Å². The molecule has 1 amide bonds. The summed E-state index contributed by atoms with van der Waals surface area (Å²) in [7, 11) is 1.94. The Hall–Kier alpha value is -0.570. The molecule has 0 aliphatic carbocycles. The Balaban J connectivity index is 2.22. The van der Waals surface area contributed by atoms with E-state index < -0.39 is 0 Å². The second-order valence-corrected chi connectivity index (χ2v) is 5.04. The van der Waals surface area contributed by atoms with Gasteiger partial charge in [0.2, 0.25) is 5.91 Å². The van der Waals surface area contributed by atoms with E-state index in [1.54, 1.807) is 0 Å². The van der Waals surface area contributed by atoms with E-state index in [0.717, 1.165) is 44.7 Å². The molecular formula is C13H26N2O. The summed E-state index contributed by atoms with van der Waals surface area (Å²) in [6, 6.07) is 0.388. The predicted molar refractivity (Wildman–Crippen MR) is 67.4 cm³/mol. The molecule has 0 aromatic carbocycles. The van der Waals surface area contributed by atoms with Crippen LogP contribution in [0.5, 0.6) is 0 Å². The van der Waals surface area contributed by atoms with Gasteiger partial charge in [0.1, 0.15) is 0 Å². The fourth-order valence-electron chi connectivity index (χ4n) is 2.32. The largest absolute Gasteiger partial charge is 0.343 e. The highest BCUT2D eigenvalue weighted by Gasteiger charge is 2.19. The van der Waals surface area contributed by atoms with Crippen molar-refractivity contribution in [2.24, 2.45) is 5.92 Å². The highest BCUT2D eigenvalue weighted by atomic mass is 16.2. The molecule has 3 nitrogen and oxygen atoms in total. The first kappa shape index (κ1) is 13.5. The lowest BCUT2D eigenvalue weighted by Gasteiger charge is -2.25. The minimum absolute atomic E-state index is 0.313. The summed E-state index contributed by atoms with van der Waals surface area (Å²) >= 11 is 0. The standard InChI is InChI=1S/C13H26N2O/c1-4-5-11(2)15(3)13(16)7-6-12-8-9-14-10-12/h11-12,14H,4-10H2,1-3H3. The highest BCUT2D eigenvalue weighted by Crippen LogP contribution is 2.16. The second kappa shape index (κ2) is 6.89. The van der Waals surface area contributed by atoms with Crippen LogP contribution in [0.1, 0.15) is 46.0 Å². The number of carbonyl (C=O) groups is 1. The highest BCUT2D eigenvalue weighted by molar-refractivity contribution is 5.76. The third-order valence-corrected chi connectivity index (χ3v) is 3.69. The van der Waals surface area contributed by atoms with Crippen molar-refractivity contribution in [3.8, 4) is 0 Å². The Morgan fingerprint density at radius 1 is 1.56 bits per heavy atom. The molecule has 2 atom stereocenters. The summed E-state index contributed by atoms with van der Waals surface area (Å²) in [5.74, 6) is 1.03. The van der Waals surface area contributed by atoms with Crippen molar-refractivity contribution in [3.63, 3.8) is 0 Å². The minimum atomic E-state index is 0.313. The molecule has 1 rings (SSSR count). The average molecular weight is 226 g/mol. The van der Waals surface area contributed by atoms with Crippen LogP contribution < -0.4 is 5.32 Å². The van der Waals surface area contributed by atoms with Crippen LogP contribution in [0.4, 0.5) is 0 Å². The Labute approximate surface area is 99.6 Å². The van der Waals surface area contributed by atoms with Gasteiger partial charge in [0.05, 0.1) is 0 Å². The van der Waals surface area contributed by atoms with Crippen molar-refractivity contribution in [2.75, 3.05) is 20.1 Å². The van der Waals surface area contributed by atoms with Gasteiger partial charge < -0.3 is 10.2 Å². The van der Waals surface area contributed by atoms with Gasteiger partial charge in [-0.1, -0.05) is 13.3 Å². The quantitative estimate of drug-likeness (QED) is 0.751. The van der Waals surface area contributed by atoms with Gasteiger partial charge in [-0.15, -0.1) is 0 Å². The SMILES string of the molecule is CCCC(C)N(C)C(=O)CCC1CCNC1. The van der Waals surface area contributed by atoms with Gasteiger partial charge >= 0.3 is 0 Å². The molecule has 0 aromatic rings. The lowest BCUT2D eigenvalue weighted by atomic mass is 10.0. The molecule has 94 valence electrons. The molecule has 1 saturated heterocycles. The summed E-state index contributed by atoms with van der Waals surface area (Å²) in [5, 5.41) is 3.34. The van der Waals surface area contributed by atoms with Crippen LogP contribution in [0.25, 0.3) is 0 Å². The number of amides is 1. The van der Waals surface area contributed by atoms with Gasteiger partial charge in [-0.25, -0.2) is 0 Å². The molecule has 1 aliphatic heterocycles. The third-order valence-electron chi connectivity index (χ3n) is 3.69. The van der Waals surface area contributed by atoms with Crippen molar-refractivity contribution >= 4 is 5.91 Å². The molecule has 3 heteroatoms. The van der Waals surface area contributed by atoms with Crippen molar-refractivity contribution in [1.82, 2.24) is 10.2 Å². The maximum absolute atomic E-state index is 11.9. The molecular weight excluding hydrogens is 200 g/mol. The molecule has 1 fully saturated rings. The van der Waals surface area contributed by atoms with Gasteiger partial charge in [-0.2, -0.15) is 0 Å². The molecule has 1 heterocycles. The molecule has 0 saturated carbocycles. The predicted octanol–water partition coefficient (Wildman–Crippen LogP) is 2.02. The zero-order valence-corrected chi connectivity index (χ0v) is 11.0. The molecule has 0 bridgehead atoms. The van der Waals surface area contributed by atoms with Gasteiger partial charge in [0.15, 0.2) is 0 Å². The van der Waals surface area contributed by atoms with Crippen LogP contribution in [0.3, 0.4) is 0 Å².